The van der Waals surface area contributed by atoms with Gasteiger partial charge in [0.05, 0.1) is 17.1 Å². The van der Waals surface area contributed by atoms with Gasteiger partial charge in [0.25, 0.3) is 5.56 Å². The third-order valence-corrected chi connectivity index (χ3v) is 5.08. The van der Waals surface area contributed by atoms with Crippen molar-refractivity contribution >= 4 is 22.5 Å². The van der Waals surface area contributed by atoms with Crippen LogP contribution in [0.5, 0.6) is 0 Å². The molecule has 0 aliphatic carbocycles. The molecule has 1 saturated heterocycles. The third-order valence-electron chi connectivity index (χ3n) is 5.08. The summed E-state index contributed by atoms with van der Waals surface area (Å²) in [6.07, 6.45) is -2.06. The molecule has 1 fully saturated rings. The Morgan fingerprint density at radius 3 is 2.40 bits per heavy atom. The molecule has 4 rings (SSSR count). The second-order valence-electron chi connectivity index (χ2n) is 6.97. The lowest BCUT2D eigenvalue weighted by molar-refractivity contribution is -0.138. The Labute approximate surface area is 169 Å². The molecule has 0 spiro atoms. The van der Waals surface area contributed by atoms with Gasteiger partial charge in [-0.2, -0.15) is 18.3 Å². The number of amides is 1. The van der Waals surface area contributed by atoms with Gasteiger partial charge in [-0.3, -0.25) is 9.59 Å². The Bertz CT molecular complexity index is 1120. The van der Waals surface area contributed by atoms with Crippen LogP contribution in [0.3, 0.4) is 0 Å². The summed E-state index contributed by atoms with van der Waals surface area (Å²) in [7, 11) is 0. The summed E-state index contributed by atoms with van der Waals surface area (Å²) >= 11 is 0. The zero-order valence-corrected chi connectivity index (χ0v) is 15.8. The molecule has 10 heteroatoms. The van der Waals surface area contributed by atoms with Crippen LogP contribution in [0, 0.1) is 0 Å². The number of rotatable bonds is 3. The number of pyridine rings is 1. The van der Waals surface area contributed by atoms with E-state index in [1.54, 1.807) is 29.3 Å². The van der Waals surface area contributed by atoms with Crippen LogP contribution >= 0.6 is 0 Å². The van der Waals surface area contributed by atoms with Gasteiger partial charge in [-0.15, -0.1) is 0 Å². The lowest BCUT2D eigenvalue weighted by Crippen LogP contribution is -2.50. The van der Waals surface area contributed by atoms with Crippen LogP contribution in [0.2, 0.25) is 0 Å². The first kappa shape index (κ1) is 19.9. The number of anilines is 1. The van der Waals surface area contributed by atoms with E-state index in [9.17, 15) is 22.8 Å². The molecule has 7 nitrogen and oxygen atoms in total. The summed E-state index contributed by atoms with van der Waals surface area (Å²) < 4.78 is 39.2. The molecule has 0 unspecified atom stereocenters. The number of piperazine rings is 1. The summed E-state index contributed by atoms with van der Waals surface area (Å²) in [6.45, 7) is 1.46. The molecule has 3 heterocycles. The maximum atomic E-state index is 12.7. The highest BCUT2D eigenvalue weighted by molar-refractivity contribution is 5.81. The number of benzene rings is 1. The van der Waals surface area contributed by atoms with E-state index in [1.165, 1.54) is 6.07 Å². The summed E-state index contributed by atoms with van der Waals surface area (Å²) in [4.78, 5) is 32.5. The molecule has 1 aromatic carbocycles. The van der Waals surface area contributed by atoms with Crippen LogP contribution in [0.1, 0.15) is 5.56 Å². The highest BCUT2D eigenvalue weighted by atomic mass is 19.4. The number of carbonyl (C=O) groups excluding carboxylic acids is 1. The highest BCUT2D eigenvalue weighted by Gasteiger charge is 2.31. The van der Waals surface area contributed by atoms with E-state index in [0.717, 1.165) is 16.9 Å². The first-order chi connectivity index (χ1) is 14.3. The van der Waals surface area contributed by atoms with Gasteiger partial charge in [0, 0.05) is 37.8 Å². The molecule has 1 aliphatic heterocycles. The number of nitrogens with zero attached hydrogens (tertiary/aromatic N) is 5. The molecule has 0 radical (unpaired) electrons. The van der Waals surface area contributed by atoms with Gasteiger partial charge in [0.15, 0.2) is 0 Å². The number of fused-ring (bicyclic) bond motifs is 1. The van der Waals surface area contributed by atoms with Gasteiger partial charge in [-0.1, -0.05) is 18.2 Å². The van der Waals surface area contributed by atoms with Crippen LogP contribution in [-0.4, -0.2) is 51.8 Å². The van der Waals surface area contributed by atoms with Gasteiger partial charge in [0.1, 0.15) is 12.4 Å². The molecule has 2 aromatic heterocycles. The second kappa shape index (κ2) is 7.77. The number of hydrogen-bond acceptors (Lipinski definition) is 5. The normalized spacial score (nSPS) is 14.9. The van der Waals surface area contributed by atoms with Gasteiger partial charge < -0.3 is 9.80 Å². The number of halogens is 3. The van der Waals surface area contributed by atoms with E-state index >= 15 is 0 Å². The van der Waals surface area contributed by atoms with Crippen molar-refractivity contribution < 1.29 is 18.0 Å². The maximum absolute atomic E-state index is 12.7. The molecule has 1 aliphatic rings. The van der Waals surface area contributed by atoms with E-state index < -0.39 is 11.7 Å². The Morgan fingerprint density at radius 2 is 1.73 bits per heavy atom. The standard InChI is InChI=1S/C20H18F3N5O2/c21-20(22,23)15-5-6-17(24-12-15)26-7-9-27(10-8-26)18(29)13-28-19(30)16-4-2-1-3-14(16)11-25-28/h1-6,11-12H,7-10,13H2. The molecular weight excluding hydrogens is 399 g/mol. The topological polar surface area (TPSA) is 71.3 Å². The number of alkyl halides is 3. The zero-order valence-electron chi connectivity index (χ0n) is 15.8. The van der Waals surface area contributed by atoms with Crippen LogP contribution in [0.25, 0.3) is 10.8 Å². The number of aromatic nitrogens is 3. The highest BCUT2D eigenvalue weighted by Crippen LogP contribution is 2.29. The number of carbonyl (C=O) groups is 1. The summed E-state index contributed by atoms with van der Waals surface area (Å²) in [5.74, 6) is 0.197. The molecular formula is C20H18F3N5O2. The predicted octanol–water partition coefficient (Wildman–Crippen LogP) is 2.16. The largest absolute Gasteiger partial charge is 0.417 e. The van der Waals surface area contributed by atoms with Gasteiger partial charge in [0.2, 0.25) is 5.91 Å². The van der Waals surface area contributed by atoms with Crippen molar-refractivity contribution in [1.82, 2.24) is 19.7 Å². The minimum atomic E-state index is -4.43. The first-order valence-corrected chi connectivity index (χ1v) is 9.34. The Hall–Kier alpha value is -3.43. The summed E-state index contributed by atoms with van der Waals surface area (Å²) in [5, 5.41) is 5.29. The van der Waals surface area contributed by atoms with Crippen LogP contribution < -0.4 is 10.5 Å². The monoisotopic (exact) mass is 417 g/mol. The molecule has 0 bridgehead atoms. The molecule has 1 amide bonds. The van der Waals surface area contributed by atoms with E-state index in [-0.39, 0.29) is 18.0 Å². The molecule has 3 aromatic rings. The fraction of sp³-hybridized carbons (Fsp3) is 0.300. The molecule has 0 N–H and O–H groups in total. The van der Waals surface area contributed by atoms with Gasteiger partial charge in [-0.05, 0) is 18.2 Å². The maximum Gasteiger partial charge on any atom is 0.417 e. The van der Waals surface area contributed by atoms with E-state index in [1.807, 2.05) is 11.0 Å². The Morgan fingerprint density at radius 1 is 1.00 bits per heavy atom. The van der Waals surface area contributed by atoms with Crippen molar-refractivity contribution in [3.8, 4) is 0 Å². The summed E-state index contributed by atoms with van der Waals surface area (Å²) in [5.41, 5.74) is -1.12. The second-order valence-corrected chi connectivity index (χ2v) is 6.97. The average molecular weight is 417 g/mol. The van der Waals surface area contributed by atoms with Crippen molar-refractivity contribution in [3.63, 3.8) is 0 Å². The fourth-order valence-corrected chi connectivity index (χ4v) is 3.39. The first-order valence-electron chi connectivity index (χ1n) is 9.34. The zero-order chi connectivity index (χ0) is 21.3. The summed E-state index contributed by atoms with van der Waals surface area (Å²) in [6, 6.07) is 9.37. The van der Waals surface area contributed by atoms with Crippen molar-refractivity contribution in [3.05, 3.63) is 64.7 Å². The molecule has 0 saturated carbocycles. The van der Waals surface area contributed by atoms with Crippen LogP contribution in [0.4, 0.5) is 19.0 Å². The van der Waals surface area contributed by atoms with E-state index in [4.69, 9.17) is 0 Å². The van der Waals surface area contributed by atoms with Crippen LogP contribution in [0.15, 0.2) is 53.6 Å². The van der Waals surface area contributed by atoms with Crippen LogP contribution in [-0.2, 0) is 17.5 Å². The lowest BCUT2D eigenvalue weighted by Gasteiger charge is -2.35. The Kier molecular flexibility index (Phi) is 5.15. The molecule has 0 atom stereocenters. The quantitative estimate of drug-likeness (QED) is 0.653. The van der Waals surface area contributed by atoms with Gasteiger partial charge >= 0.3 is 6.18 Å². The minimum Gasteiger partial charge on any atom is -0.353 e. The van der Waals surface area contributed by atoms with Crippen molar-refractivity contribution in [2.24, 2.45) is 0 Å². The fourth-order valence-electron chi connectivity index (χ4n) is 3.39. The minimum absolute atomic E-state index is 0.164. The van der Waals surface area contributed by atoms with Crippen molar-refractivity contribution in [2.75, 3.05) is 31.1 Å². The molecule has 30 heavy (non-hydrogen) atoms. The average Bonchev–Trinajstić information content (AvgIpc) is 2.75. The smallest absolute Gasteiger partial charge is 0.353 e. The van der Waals surface area contributed by atoms with Crippen molar-refractivity contribution in [2.45, 2.75) is 12.7 Å². The molecule has 156 valence electrons. The predicted molar refractivity (Wildman–Crippen MR) is 104 cm³/mol. The SMILES string of the molecule is O=C(Cn1ncc2ccccc2c1=O)N1CCN(c2ccc(C(F)(F)F)cn2)CC1. The van der Waals surface area contributed by atoms with E-state index in [0.29, 0.717) is 42.8 Å². The lowest BCUT2D eigenvalue weighted by atomic mass is 10.2. The Balaban J connectivity index is 1.39. The van der Waals surface area contributed by atoms with E-state index in [2.05, 4.69) is 10.1 Å². The van der Waals surface area contributed by atoms with Gasteiger partial charge in [-0.25, -0.2) is 9.67 Å². The third kappa shape index (κ3) is 3.98. The van der Waals surface area contributed by atoms with Crippen molar-refractivity contribution in [1.29, 1.82) is 0 Å². The number of hydrogen-bond donors (Lipinski definition) is 0.